The molecular formula is C25H37IN2O5. The molecule has 3 atom stereocenters. The molecule has 1 N–H and O–H groups in total. The van der Waals surface area contributed by atoms with Crippen molar-refractivity contribution in [2.75, 3.05) is 33.4 Å². The highest BCUT2D eigenvalue weighted by molar-refractivity contribution is 14.1. The number of carbonyl (C=O) groups is 2. The maximum Gasteiger partial charge on any atom is 0.249 e. The van der Waals surface area contributed by atoms with Gasteiger partial charge in [-0.05, 0) is 61.1 Å². The van der Waals surface area contributed by atoms with Gasteiger partial charge in [0.1, 0.15) is 18.0 Å². The molecule has 1 aliphatic carbocycles. The molecule has 0 radical (unpaired) electrons. The standard InChI is InChI=1S/C25H37IN2O5/c1-5-8-13-23(29)28(14-15-32-4)20-16-18(25(31)27(6-2)7-3)17-22(24(20)30)33-21-12-10-9-11-19(21)26/h9-12,17,20,22,24,30H,5-8,13-16H2,1-4H3/t20-,22+,24+/m1/s1. The lowest BCUT2D eigenvalue weighted by Crippen LogP contribution is -2.55. The summed E-state index contributed by atoms with van der Waals surface area (Å²) in [6, 6.07) is 6.98. The number of hydrogen-bond donors (Lipinski definition) is 1. The first-order chi connectivity index (χ1) is 15.9. The van der Waals surface area contributed by atoms with E-state index in [1.54, 1.807) is 23.0 Å². The monoisotopic (exact) mass is 572 g/mol. The third kappa shape index (κ3) is 7.42. The Balaban J connectivity index is 2.42. The van der Waals surface area contributed by atoms with Crippen molar-refractivity contribution in [3.8, 4) is 5.75 Å². The third-order valence-corrected chi connectivity index (χ3v) is 6.84. The van der Waals surface area contributed by atoms with E-state index in [2.05, 4.69) is 22.6 Å². The average molecular weight is 572 g/mol. The normalized spacial score (nSPS) is 20.2. The summed E-state index contributed by atoms with van der Waals surface area (Å²) >= 11 is 2.18. The number of benzene rings is 1. The molecule has 0 saturated heterocycles. The molecule has 33 heavy (non-hydrogen) atoms. The second-order valence-corrected chi connectivity index (χ2v) is 9.29. The predicted molar refractivity (Wildman–Crippen MR) is 137 cm³/mol. The summed E-state index contributed by atoms with van der Waals surface area (Å²) in [5.74, 6) is 0.512. The van der Waals surface area contributed by atoms with Gasteiger partial charge in [-0.1, -0.05) is 25.5 Å². The van der Waals surface area contributed by atoms with E-state index >= 15 is 0 Å². The smallest absolute Gasteiger partial charge is 0.249 e. The van der Waals surface area contributed by atoms with Gasteiger partial charge in [-0.3, -0.25) is 9.59 Å². The SMILES string of the molecule is CCCCC(=O)N(CCOC)[C@@H]1CC(C(=O)N(CC)CC)=C[C@H](Oc2ccccc2I)[C@H]1O. The number of nitrogens with zero attached hydrogens (tertiary/aromatic N) is 2. The van der Waals surface area contributed by atoms with Crippen molar-refractivity contribution in [3.05, 3.63) is 39.5 Å². The molecule has 0 aliphatic heterocycles. The van der Waals surface area contributed by atoms with Crippen LogP contribution in [0.5, 0.6) is 5.75 Å². The number of carbonyl (C=O) groups excluding carboxylic acids is 2. The fourth-order valence-corrected chi connectivity index (χ4v) is 4.54. The number of likely N-dealkylation sites (N-methyl/N-ethyl adjacent to an activating group) is 1. The number of ether oxygens (including phenoxy) is 2. The molecule has 1 aromatic rings. The minimum absolute atomic E-state index is 0.0393. The molecule has 2 amide bonds. The molecule has 7 nitrogen and oxygen atoms in total. The Morgan fingerprint density at radius 2 is 1.88 bits per heavy atom. The summed E-state index contributed by atoms with van der Waals surface area (Å²) < 4.78 is 12.3. The molecule has 0 bridgehead atoms. The van der Waals surface area contributed by atoms with Crippen molar-refractivity contribution in [1.82, 2.24) is 9.80 Å². The van der Waals surface area contributed by atoms with Gasteiger partial charge in [-0.25, -0.2) is 0 Å². The van der Waals surface area contributed by atoms with Crippen LogP contribution in [0.1, 0.15) is 46.5 Å². The van der Waals surface area contributed by atoms with Gasteiger partial charge in [-0.2, -0.15) is 0 Å². The summed E-state index contributed by atoms with van der Waals surface area (Å²) in [6.45, 7) is 7.80. The molecule has 0 saturated carbocycles. The lowest BCUT2D eigenvalue weighted by atomic mass is 9.87. The van der Waals surface area contributed by atoms with Crippen molar-refractivity contribution in [2.24, 2.45) is 0 Å². The Hall–Kier alpha value is -1.65. The highest BCUT2D eigenvalue weighted by Gasteiger charge is 2.40. The van der Waals surface area contributed by atoms with Gasteiger partial charge in [0.15, 0.2) is 0 Å². The van der Waals surface area contributed by atoms with Gasteiger partial charge in [0.05, 0.1) is 16.2 Å². The minimum Gasteiger partial charge on any atom is -0.482 e. The lowest BCUT2D eigenvalue weighted by Gasteiger charge is -2.41. The molecule has 1 aliphatic rings. The van der Waals surface area contributed by atoms with E-state index < -0.39 is 18.2 Å². The van der Waals surface area contributed by atoms with E-state index in [0.717, 1.165) is 16.4 Å². The van der Waals surface area contributed by atoms with Crippen molar-refractivity contribution in [3.63, 3.8) is 0 Å². The summed E-state index contributed by atoms with van der Waals surface area (Å²) in [6.07, 6.45) is 2.36. The van der Waals surface area contributed by atoms with Gasteiger partial charge in [0.2, 0.25) is 11.8 Å². The largest absolute Gasteiger partial charge is 0.482 e. The van der Waals surface area contributed by atoms with Crippen molar-refractivity contribution in [2.45, 2.75) is 64.7 Å². The number of aliphatic hydroxyl groups excluding tert-OH is 1. The Bertz CT molecular complexity index is 812. The number of aliphatic hydroxyl groups is 1. The van der Waals surface area contributed by atoms with Crippen LogP contribution in [0.15, 0.2) is 35.9 Å². The lowest BCUT2D eigenvalue weighted by molar-refractivity contribution is -0.140. The summed E-state index contributed by atoms with van der Waals surface area (Å²) in [5.41, 5.74) is 0.565. The fourth-order valence-electron chi connectivity index (χ4n) is 4.02. The topological polar surface area (TPSA) is 79.3 Å². The molecule has 0 spiro atoms. The van der Waals surface area contributed by atoms with Crippen LogP contribution >= 0.6 is 22.6 Å². The summed E-state index contributed by atoms with van der Waals surface area (Å²) in [4.78, 5) is 29.8. The van der Waals surface area contributed by atoms with Crippen LogP contribution in [-0.2, 0) is 14.3 Å². The Kier molecular flexibility index (Phi) is 11.6. The second-order valence-electron chi connectivity index (χ2n) is 8.13. The Morgan fingerprint density at radius 3 is 2.48 bits per heavy atom. The van der Waals surface area contributed by atoms with Gasteiger partial charge in [-0.15, -0.1) is 0 Å². The first-order valence-corrected chi connectivity index (χ1v) is 12.8. The van der Waals surface area contributed by atoms with Crippen LogP contribution in [0.25, 0.3) is 0 Å². The van der Waals surface area contributed by atoms with Crippen LogP contribution in [0.4, 0.5) is 0 Å². The predicted octanol–water partition coefficient (Wildman–Crippen LogP) is 3.63. The van der Waals surface area contributed by atoms with Crippen LogP contribution in [0.3, 0.4) is 0 Å². The number of para-hydroxylation sites is 1. The molecule has 0 unspecified atom stereocenters. The third-order valence-electron chi connectivity index (χ3n) is 5.95. The summed E-state index contributed by atoms with van der Waals surface area (Å²) in [5, 5.41) is 11.3. The highest BCUT2D eigenvalue weighted by Crippen LogP contribution is 2.30. The van der Waals surface area contributed by atoms with Gasteiger partial charge in [0.25, 0.3) is 0 Å². The van der Waals surface area contributed by atoms with E-state index in [9.17, 15) is 14.7 Å². The molecule has 0 heterocycles. The summed E-state index contributed by atoms with van der Waals surface area (Å²) in [7, 11) is 1.59. The molecular weight excluding hydrogens is 535 g/mol. The van der Waals surface area contributed by atoms with Crippen LogP contribution in [0.2, 0.25) is 0 Å². The van der Waals surface area contributed by atoms with Gasteiger partial charge >= 0.3 is 0 Å². The quantitative estimate of drug-likeness (QED) is 0.387. The molecule has 8 heteroatoms. The number of amides is 2. The van der Waals surface area contributed by atoms with E-state index in [4.69, 9.17) is 9.47 Å². The molecule has 2 rings (SSSR count). The number of halogens is 1. The minimum atomic E-state index is -0.975. The first kappa shape index (κ1) is 27.6. The van der Waals surface area contributed by atoms with Crippen LogP contribution in [-0.4, -0.2) is 78.3 Å². The number of rotatable bonds is 12. The average Bonchev–Trinajstić information content (AvgIpc) is 2.81. The van der Waals surface area contributed by atoms with Gasteiger partial charge < -0.3 is 24.4 Å². The second kappa shape index (κ2) is 13.9. The maximum absolute atomic E-state index is 13.2. The zero-order chi connectivity index (χ0) is 24.4. The van der Waals surface area contributed by atoms with Crippen LogP contribution in [0, 0.1) is 3.57 Å². The molecule has 0 fully saturated rings. The highest BCUT2D eigenvalue weighted by atomic mass is 127. The number of hydrogen-bond acceptors (Lipinski definition) is 5. The van der Waals surface area contributed by atoms with Gasteiger partial charge in [0, 0.05) is 45.2 Å². The first-order valence-electron chi connectivity index (χ1n) is 11.7. The van der Waals surface area contributed by atoms with Crippen molar-refractivity contribution >= 4 is 34.4 Å². The number of unbranched alkanes of at least 4 members (excludes halogenated alkanes) is 1. The molecule has 184 valence electrons. The fraction of sp³-hybridized carbons (Fsp3) is 0.600. The number of methoxy groups -OCH3 is 1. The van der Waals surface area contributed by atoms with E-state index in [-0.39, 0.29) is 18.2 Å². The maximum atomic E-state index is 13.2. The zero-order valence-corrected chi connectivity index (χ0v) is 22.3. The Morgan fingerprint density at radius 1 is 1.18 bits per heavy atom. The van der Waals surface area contributed by atoms with E-state index in [1.165, 1.54) is 0 Å². The van der Waals surface area contributed by atoms with Crippen molar-refractivity contribution < 1.29 is 24.2 Å². The zero-order valence-electron chi connectivity index (χ0n) is 20.1. The molecule has 0 aromatic heterocycles. The van der Waals surface area contributed by atoms with Crippen molar-refractivity contribution in [1.29, 1.82) is 0 Å². The Labute approximate surface area is 211 Å². The van der Waals surface area contributed by atoms with E-state index in [0.29, 0.717) is 44.0 Å². The van der Waals surface area contributed by atoms with Crippen LogP contribution < -0.4 is 4.74 Å². The van der Waals surface area contributed by atoms with E-state index in [1.807, 2.05) is 45.0 Å². The molecule has 1 aromatic carbocycles.